The van der Waals surface area contributed by atoms with Crippen molar-refractivity contribution in [1.82, 2.24) is 25.0 Å². The molecule has 0 unspecified atom stereocenters. The van der Waals surface area contributed by atoms with E-state index in [0.717, 1.165) is 41.1 Å². The van der Waals surface area contributed by atoms with Gasteiger partial charge in [-0.25, -0.2) is 5.06 Å². The number of carbonyl (C=O) groups is 2. The van der Waals surface area contributed by atoms with Gasteiger partial charge in [0.1, 0.15) is 23.6 Å². The van der Waals surface area contributed by atoms with Gasteiger partial charge in [0.15, 0.2) is 0 Å². The number of aldehydes is 1. The Hall–Kier alpha value is -2.49. The SMILES string of the molecule is C1CCOC1.CON(C)C(=O)c1ccc2nccnc2c1.O=Cc1ccc2nccnc2c1.[2H][IH][B].[AlH2]. The molecule has 0 saturated carbocycles. The van der Waals surface area contributed by atoms with Crippen LogP contribution in [0.2, 0.25) is 0 Å². The van der Waals surface area contributed by atoms with Crippen LogP contribution in [0.5, 0.6) is 0 Å². The zero-order valence-corrected chi connectivity index (χ0v) is 24.9. The third-order valence-electron chi connectivity index (χ3n) is 4.73. The van der Waals surface area contributed by atoms with E-state index in [1.165, 1.54) is 20.0 Å². The molecule has 3 heterocycles. The van der Waals surface area contributed by atoms with E-state index in [4.69, 9.17) is 10.2 Å². The summed E-state index contributed by atoms with van der Waals surface area (Å²) in [5.74, 6) is -0.213. The monoisotopic (exact) mass is 617 g/mol. The Morgan fingerprint density at radius 3 is 1.97 bits per heavy atom. The molecule has 1 fully saturated rings. The van der Waals surface area contributed by atoms with E-state index in [2.05, 4.69) is 25.6 Å². The number of hydrogen-bond donors (Lipinski definition) is 0. The van der Waals surface area contributed by atoms with Crippen molar-refractivity contribution in [2.45, 2.75) is 12.8 Å². The average molecular weight is 617 g/mol. The van der Waals surface area contributed by atoms with Crippen molar-refractivity contribution in [2.24, 2.45) is 0 Å². The maximum atomic E-state index is 11.8. The number of hydrogen-bond acceptors (Lipinski definition) is 8. The number of fused-ring (bicyclic) bond motifs is 2. The largest absolute Gasteiger partial charge is 0.146 e. The molecule has 4 aromatic rings. The second-order valence-corrected chi connectivity index (χ2v) is 6.99. The van der Waals surface area contributed by atoms with Gasteiger partial charge in [-0.15, -0.1) is 0 Å². The summed E-state index contributed by atoms with van der Waals surface area (Å²) in [6.07, 6.45) is 9.80. The first-order valence-corrected chi connectivity index (χ1v) is 12.0. The first-order valence-electron chi connectivity index (χ1n) is 11.0. The number of halogens is 1. The van der Waals surface area contributed by atoms with E-state index in [9.17, 15) is 9.59 Å². The van der Waals surface area contributed by atoms with Gasteiger partial charge in [-0.3, -0.25) is 34.4 Å². The first-order chi connectivity index (χ1) is 17.5. The molecule has 36 heavy (non-hydrogen) atoms. The summed E-state index contributed by atoms with van der Waals surface area (Å²) < 4.78 is 11.1. The minimum Gasteiger partial charge on any atom is 0.146 e. The van der Waals surface area contributed by atoms with Crippen LogP contribution < -0.4 is 0 Å². The number of hydroxylamine groups is 2. The van der Waals surface area contributed by atoms with Gasteiger partial charge in [-0.2, -0.15) is 0 Å². The van der Waals surface area contributed by atoms with Crippen molar-refractivity contribution in [1.29, 1.82) is 0.594 Å². The Labute approximate surface area is 235 Å². The van der Waals surface area contributed by atoms with Gasteiger partial charge < -0.3 is 4.74 Å². The van der Waals surface area contributed by atoms with Crippen molar-refractivity contribution in [3.05, 3.63) is 72.3 Å². The fraction of sp³-hybridized carbons (Fsp3) is 0.250. The number of carbonyl (C=O) groups excluding carboxylic acids is 2. The molecule has 0 atom stereocenters. The van der Waals surface area contributed by atoms with Crippen LogP contribution in [0.1, 0.15) is 33.6 Å². The predicted octanol–water partition coefficient (Wildman–Crippen LogP) is 2.56. The van der Waals surface area contributed by atoms with Crippen LogP contribution in [0.3, 0.4) is 0 Å². The normalized spacial score (nSPS) is 11.9. The molecule has 1 saturated heterocycles. The van der Waals surface area contributed by atoms with Crippen LogP contribution in [0.15, 0.2) is 61.2 Å². The van der Waals surface area contributed by atoms with Gasteiger partial charge in [0.25, 0.3) is 5.91 Å². The molecule has 12 heteroatoms. The van der Waals surface area contributed by atoms with Crippen molar-refractivity contribution in [3.63, 3.8) is 0 Å². The van der Waals surface area contributed by atoms with Gasteiger partial charge >= 0.3 is 28.5 Å². The van der Waals surface area contributed by atoms with E-state index < -0.39 is 22.2 Å². The molecule has 187 valence electrons. The Balaban J connectivity index is 0.000000286. The molecule has 2 aromatic carbocycles. The standard InChI is InChI=1S/C11H11N3O2.C9H6N2O.C4H8O.Al.BH2I.2H/c1-14(16-2)11(15)8-3-4-9-10(7-8)13-6-5-12-9;12-6-7-1-2-8-9(5-7)11-4-3-10-8;1-2-4-5-3-1;;1-2;;/h3-7H,1-2H3;1-6H;1-4H2;;2H2;;/i;;;;2D;;. The summed E-state index contributed by atoms with van der Waals surface area (Å²) in [5, 5.41) is 1.16. The molecule has 9 nitrogen and oxygen atoms in total. The third-order valence-corrected chi connectivity index (χ3v) is 4.73. The molecule has 3 radical (unpaired) electrons. The Morgan fingerprint density at radius 1 is 1.00 bits per heavy atom. The molecular weight excluding hydrogens is 587 g/mol. The zero-order chi connectivity index (χ0) is 26.2. The first kappa shape index (κ1) is 29.7. The summed E-state index contributed by atoms with van der Waals surface area (Å²) in [4.78, 5) is 43.4. The van der Waals surface area contributed by atoms with Crippen molar-refractivity contribution >= 4 is 79.5 Å². The van der Waals surface area contributed by atoms with Crippen LogP contribution in [-0.4, -0.2) is 88.2 Å². The van der Waals surface area contributed by atoms with Crippen LogP contribution in [0, 0.1) is 0 Å². The third kappa shape index (κ3) is 9.87. The number of ether oxygens (including phenoxy) is 1. The van der Waals surface area contributed by atoms with Gasteiger partial charge in [-0.1, -0.05) is 0 Å². The molecule has 2 aromatic heterocycles. The summed E-state index contributed by atoms with van der Waals surface area (Å²) in [7, 11) is 3.00. The van der Waals surface area contributed by atoms with Crippen molar-refractivity contribution < 1.29 is 19.2 Å². The van der Waals surface area contributed by atoms with Gasteiger partial charge in [0, 0.05) is 56.2 Å². The van der Waals surface area contributed by atoms with E-state index in [0.29, 0.717) is 16.6 Å². The number of benzene rings is 2. The molecule has 1 amide bonds. The quantitative estimate of drug-likeness (QED) is 0.150. The smallest absolute Gasteiger partial charge is 0.146 e. The summed E-state index contributed by atoms with van der Waals surface area (Å²) in [6, 6.07) is 10.4. The maximum absolute atomic E-state index is 11.8. The van der Waals surface area contributed by atoms with Crippen LogP contribution in [0.25, 0.3) is 22.1 Å². The fourth-order valence-electron chi connectivity index (χ4n) is 2.92. The minimum absolute atomic E-state index is 0. The van der Waals surface area contributed by atoms with E-state index in [1.54, 1.807) is 68.2 Å². The maximum Gasteiger partial charge on any atom is 0.146 e. The van der Waals surface area contributed by atoms with Gasteiger partial charge in [0.05, 0.1) is 29.2 Å². The molecule has 1 aliphatic heterocycles. The fourth-order valence-corrected chi connectivity index (χ4v) is 2.92. The van der Waals surface area contributed by atoms with Crippen LogP contribution in [0.4, 0.5) is 0 Å². The summed E-state index contributed by atoms with van der Waals surface area (Å²) in [6.45, 7) is 2.00. The second-order valence-electron chi connectivity index (χ2n) is 6.99. The summed E-state index contributed by atoms with van der Waals surface area (Å²) in [5.41, 5.74) is 8.81. The molecule has 0 aliphatic carbocycles. The molecule has 1 aliphatic rings. The average Bonchev–Trinajstić information content (AvgIpc) is 3.53. The van der Waals surface area contributed by atoms with Crippen molar-refractivity contribution in [2.75, 3.05) is 27.4 Å². The second kappa shape index (κ2) is 17.9. The van der Waals surface area contributed by atoms with Gasteiger partial charge in [0.2, 0.25) is 0 Å². The summed E-state index contributed by atoms with van der Waals surface area (Å²) >= 11 is -0.780. The topological polar surface area (TPSA) is 107 Å². The Morgan fingerprint density at radius 2 is 1.50 bits per heavy atom. The van der Waals surface area contributed by atoms with E-state index in [-0.39, 0.29) is 23.3 Å². The van der Waals surface area contributed by atoms with E-state index >= 15 is 0 Å². The Kier molecular flexibility index (Phi) is 14.8. The van der Waals surface area contributed by atoms with Crippen LogP contribution in [-0.2, 0) is 9.57 Å². The predicted molar refractivity (Wildman–Crippen MR) is 155 cm³/mol. The molecule has 0 spiro atoms. The van der Waals surface area contributed by atoms with Gasteiger partial charge in [-0.05, 0) is 49.2 Å². The number of aromatic nitrogens is 4. The molecular formula is C24H29AlBIN5O4. The number of nitrogens with zero attached hydrogens (tertiary/aromatic N) is 5. The van der Waals surface area contributed by atoms with Crippen LogP contribution >= 0.6 is 22.2 Å². The molecule has 0 bridgehead atoms. The number of amides is 1. The van der Waals surface area contributed by atoms with E-state index in [1.807, 2.05) is 0 Å². The zero-order valence-electron chi connectivity index (χ0n) is 21.5. The minimum atomic E-state index is -0.780. The van der Waals surface area contributed by atoms with Crippen molar-refractivity contribution in [3.8, 4) is 0 Å². The molecule has 5 rings (SSSR count). The Bertz CT molecular complexity index is 1250. The molecule has 0 N–H and O–H groups in total. The number of rotatable bonds is 3.